The Morgan fingerprint density at radius 3 is 2.54 bits per heavy atom. The van der Waals surface area contributed by atoms with Gasteiger partial charge in [-0.05, 0) is 37.0 Å². The minimum absolute atomic E-state index is 0.131. The highest BCUT2D eigenvalue weighted by Gasteiger charge is 2.50. The van der Waals surface area contributed by atoms with Crippen LogP contribution in [-0.2, 0) is 16.6 Å². The fraction of sp³-hybridized carbons (Fsp3) is 0.800. The molecular formula is C20H32N2O2. The third kappa shape index (κ3) is 3.25. The highest BCUT2D eigenvalue weighted by molar-refractivity contribution is 5.79. The second kappa shape index (κ2) is 5.34. The van der Waals surface area contributed by atoms with Crippen LogP contribution in [0.3, 0.4) is 0 Å². The van der Waals surface area contributed by atoms with Crippen LogP contribution >= 0.6 is 0 Å². The molecule has 2 unspecified atom stereocenters. The van der Waals surface area contributed by atoms with E-state index < -0.39 is 0 Å². The minimum atomic E-state index is -0.131. The van der Waals surface area contributed by atoms with Gasteiger partial charge in [0.15, 0.2) is 5.89 Å². The van der Waals surface area contributed by atoms with Crippen LogP contribution in [0.2, 0.25) is 0 Å². The maximum absolute atomic E-state index is 13.0. The lowest BCUT2D eigenvalue weighted by Gasteiger charge is -2.39. The van der Waals surface area contributed by atoms with Crippen molar-refractivity contribution in [2.45, 2.75) is 85.6 Å². The Bertz CT molecular complexity index is 653. The molecule has 2 heterocycles. The predicted octanol–water partition coefficient (Wildman–Crippen LogP) is 4.25. The Labute approximate surface area is 146 Å². The molecule has 0 aromatic carbocycles. The van der Waals surface area contributed by atoms with Gasteiger partial charge in [-0.15, -0.1) is 0 Å². The van der Waals surface area contributed by atoms with Gasteiger partial charge < -0.3 is 9.32 Å². The molecule has 1 saturated heterocycles. The van der Waals surface area contributed by atoms with Crippen LogP contribution in [-0.4, -0.2) is 28.4 Å². The first-order chi connectivity index (χ1) is 10.9. The van der Waals surface area contributed by atoms with E-state index in [9.17, 15) is 4.79 Å². The fourth-order valence-electron chi connectivity index (χ4n) is 4.90. The van der Waals surface area contributed by atoms with E-state index in [4.69, 9.17) is 4.42 Å². The Kier molecular flexibility index (Phi) is 3.89. The number of hydrogen-bond acceptors (Lipinski definition) is 3. The summed E-state index contributed by atoms with van der Waals surface area (Å²) in [4.78, 5) is 19.6. The average molecular weight is 332 g/mol. The van der Waals surface area contributed by atoms with Gasteiger partial charge in [-0.2, -0.15) is 0 Å². The van der Waals surface area contributed by atoms with Crippen LogP contribution in [0.5, 0.6) is 0 Å². The molecule has 2 bridgehead atoms. The van der Waals surface area contributed by atoms with E-state index in [1.807, 2.05) is 6.92 Å². The molecule has 0 radical (unpaired) electrons. The lowest BCUT2D eigenvalue weighted by atomic mass is 9.65. The van der Waals surface area contributed by atoms with E-state index in [0.29, 0.717) is 17.9 Å². The van der Waals surface area contributed by atoms with Crippen molar-refractivity contribution in [1.29, 1.82) is 0 Å². The summed E-state index contributed by atoms with van der Waals surface area (Å²) in [5.41, 5.74) is 1.32. The number of nitrogens with zero attached hydrogens (tertiary/aromatic N) is 2. The van der Waals surface area contributed by atoms with Gasteiger partial charge in [0.1, 0.15) is 5.76 Å². The van der Waals surface area contributed by atoms with Crippen molar-refractivity contribution in [3.63, 3.8) is 0 Å². The van der Waals surface area contributed by atoms with Gasteiger partial charge in [-0.3, -0.25) is 4.79 Å². The predicted molar refractivity (Wildman–Crippen MR) is 94.9 cm³/mol. The van der Waals surface area contributed by atoms with Gasteiger partial charge in [0.05, 0.1) is 12.1 Å². The van der Waals surface area contributed by atoms with Gasteiger partial charge >= 0.3 is 0 Å². The molecule has 0 spiro atoms. The van der Waals surface area contributed by atoms with Crippen LogP contribution in [0.1, 0.15) is 78.1 Å². The second-order valence-corrected chi connectivity index (χ2v) is 10.2. The number of carbonyl (C=O) groups is 1. The summed E-state index contributed by atoms with van der Waals surface area (Å²) >= 11 is 0. The molecule has 2 atom stereocenters. The van der Waals surface area contributed by atoms with Crippen molar-refractivity contribution >= 4 is 5.91 Å². The first-order valence-corrected chi connectivity index (χ1v) is 9.15. The number of oxazole rings is 1. The summed E-state index contributed by atoms with van der Waals surface area (Å²) in [6.45, 7) is 16.1. The molecule has 24 heavy (non-hydrogen) atoms. The molecular weight excluding hydrogens is 300 g/mol. The number of aromatic nitrogens is 1. The molecule has 1 aromatic heterocycles. The quantitative estimate of drug-likeness (QED) is 0.813. The number of aryl methyl sites for hydroxylation is 1. The molecule has 2 aliphatic rings. The van der Waals surface area contributed by atoms with Crippen LogP contribution in [0.4, 0.5) is 0 Å². The normalized spacial score (nSPS) is 29.1. The van der Waals surface area contributed by atoms with Crippen LogP contribution in [0.15, 0.2) is 4.42 Å². The van der Waals surface area contributed by atoms with E-state index in [0.717, 1.165) is 36.7 Å². The van der Waals surface area contributed by atoms with E-state index in [-0.39, 0.29) is 16.7 Å². The molecule has 0 N–H and O–H groups in total. The highest BCUT2D eigenvalue weighted by Crippen LogP contribution is 2.52. The monoisotopic (exact) mass is 332 g/mol. The summed E-state index contributed by atoms with van der Waals surface area (Å²) in [5, 5.41) is 0. The highest BCUT2D eigenvalue weighted by atomic mass is 16.4. The van der Waals surface area contributed by atoms with E-state index >= 15 is 0 Å². The molecule has 4 nitrogen and oxygen atoms in total. The zero-order chi connectivity index (χ0) is 17.9. The average Bonchev–Trinajstić information content (AvgIpc) is 2.86. The first-order valence-electron chi connectivity index (χ1n) is 9.15. The maximum Gasteiger partial charge on any atom is 0.230 e. The molecule has 4 heteroatoms. The van der Waals surface area contributed by atoms with Crippen molar-refractivity contribution in [3.8, 4) is 0 Å². The standard InChI is InChI=1S/C20H32N2O2/c1-13-15(24-17(21-13)18(2,3)4)8-16(23)22-12-20(7)10-14(22)9-19(5,6)11-20/h14H,8-12H2,1-7H3. The molecule has 3 rings (SSSR count). The van der Waals surface area contributed by atoms with E-state index in [1.54, 1.807) is 0 Å². The fourth-order valence-corrected chi connectivity index (χ4v) is 4.90. The molecule has 1 aliphatic heterocycles. The molecule has 2 fully saturated rings. The number of carbonyl (C=O) groups excluding carboxylic acids is 1. The largest absolute Gasteiger partial charge is 0.444 e. The Morgan fingerprint density at radius 2 is 1.96 bits per heavy atom. The topological polar surface area (TPSA) is 46.3 Å². The minimum Gasteiger partial charge on any atom is -0.444 e. The first kappa shape index (κ1) is 17.5. The molecule has 1 aliphatic carbocycles. The lowest BCUT2D eigenvalue weighted by molar-refractivity contribution is -0.131. The third-order valence-electron chi connectivity index (χ3n) is 5.58. The Balaban J connectivity index is 1.76. The van der Waals surface area contributed by atoms with Gasteiger partial charge in [0.2, 0.25) is 5.91 Å². The summed E-state index contributed by atoms with van der Waals surface area (Å²) < 4.78 is 5.93. The number of rotatable bonds is 2. The van der Waals surface area contributed by atoms with Gasteiger partial charge in [-0.1, -0.05) is 41.5 Å². The lowest BCUT2D eigenvalue weighted by Crippen LogP contribution is -2.38. The second-order valence-electron chi connectivity index (χ2n) is 10.2. The van der Waals surface area contributed by atoms with Crippen molar-refractivity contribution in [1.82, 2.24) is 9.88 Å². The Morgan fingerprint density at radius 1 is 1.29 bits per heavy atom. The van der Waals surface area contributed by atoms with Crippen molar-refractivity contribution in [3.05, 3.63) is 17.3 Å². The van der Waals surface area contributed by atoms with Crippen LogP contribution in [0, 0.1) is 17.8 Å². The van der Waals surface area contributed by atoms with E-state index in [2.05, 4.69) is 51.4 Å². The number of likely N-dealkylation sites (tertiary alicyclic amines) is 1. The number of hydrogen-bond donors (Lipinski definition) is 0. The van der Waals surface area contributed by atoms with E-state index in [1.165, 1.54) is 6.42 Å². The summed E-state index contributed by atoms with van der Waals surface area (Å²) in [6.07, 6.45) is 3.79. The maximum atomic E-state index is 13.0. The summed E-state index contributed by atoms with van der Waals surface area (Å²) in [5.74, 6) is 1.65. The number of amides is 1. The molecule has 1 amide bonds. The van der Waals surface area contributed by atoms with Crippen molar-refractivity contribution in [2.75, 3.05) is 6.54 Å². The van der Waals surface area contributed by atoms with Gasteiger partial charge in [0, 0.05) is 18.0 Å². The van der Waals surface area contributed by atoms with Crippen molar-refractivity contribution < 1.29 is 9.21 Å². The molecule has 1 aromatic rings. The van der Waals surface area contributed by atoms with Crippen LogP contribution < -0.4 is 0 Å². The third-order valence-corrected chi connectivity index (χ3v) is 5.58. The zero-order valence-corrected chi connectivity index (χ0v) is 16.3. The van der Waals surface area contributed by atoms with Gasteiger partial charge in [-0.25, -0.2) is 4.98 Å². The smallest absolute Gasteiger partial charge is 0.230 e. The van der Waals surface area contributed by atoms with Gasteiger partial charge in [0.25, 0.3) is 0 Å². The SMILES string of the molecule is Cc1nc(C(C)(C)C)oc1CC(=O)N1CC2(C)CC1CC(C)(C)C2. The zero-order valence-electron chi connectivity index (χ0n) is 16.3. The Hall–Kier alpha value is -1.32. The molecule has 1 saturated carbocycles. The molecule has 134 valence electrons. The number of fused-ring (bicyclic) bond motifs is 2. The van der Waals surface area contributed by atoms with Crippen LogP contribution in [0.25, 0.3) is 0 Å². The van der Waals surface area contributed by atoms with Crippen molar-refractivity contribution in [2.24, 2.45) is 10.8 Å². The summed E-state index contributed by atoms with van der Waals surface area (Å²) in [7, 11) is 0. The summed E-state index contributed by atoms with van der Waals surface area (Å²) in [6, 6.07) is 0.386.